The van der Waals surface area contributed by atoms with Crippen LogP contribution in [0.4, 0.5) is 0 Å². The number of carbonyl (C=O) groups is 1. The van der Waals surface area contributed by atoms with Gasteiger partial charge in [-0.3, -0.25) is 14.2 Å². The van der Waals surface area contributed by atoms with Crippen LogP contribution >= 0.6 is 11.6 Å². The van der Waals surface area contributed by atoms with E-state index in [2.05, 4.69) is 10.3 Å². The lowest BCUT2D eigenvalue weighted by Crippen LogP contribution is -2.37. The maximum Gasteiger partial charge on any atom is 0.254 e. The van der Waals surface area contributed by atoms with Gasteiger partial charge < -0.3 is 5.32 Å². The van der Waals surface area contributed by atoms with Gasteiger partial charge in [-0.2, -0.15) is 0 Å². The molecule has 1 atom stereocenters. The lowest BCUT2D eigenvalue weighted by molar-refractivity contribution is -0.122. The molecule has 0 fully saturated rings. The highest BCUT2D eigenvalue weighted by molar-refractivity contribution is 6.30. The third kappa shape index (κ3) is 4.18. The van der Waals surface area contributed by atoms with Gasteiger partial charge in [0.2, 0.25) is 5.91 Å². The number of amides is 1. The number of carbonyl (C=O) groups excluding carboxylic acids is 1. The summed E-state index contributed by atoms with van der Waals surface area (Å²) in [4.78, 5) is 28.1. The molecule has 1 amide bonds. The van der Waals surface area contributed by atoms with E-state index in [-0.39, 0.29) is 24.1 Å². The second kappa shape index (κ2) is 7.22. The van der Waals surface area contributed by atoms with Gasteiger partial charge in [-0.25, -0.2) is 4.98 Å². The van der Waals surface area contributed by atoms with E-state index in [1.807, 2.05) is 13.8 Å². The topological polar surface area (TPSA) is 64.0 Å². The largest absolute Gasteiger partial charge is 0.352 e. The van der Waals surface area contributed by atoms with Gasteiger partial charge in [-0.15, -0.1) is 0 Å². The average Bonchev–Trinajstić information content (AvgIpc) is 2.50. The highest BCUT2D eigenvalue weighted by atomic mass is 35.5. The maximum atomic E-state index is 12.1. The molecule has 116 valence electrons. The first-order chi connectivity index (χ1) is 10.5. The van der Waals surface area contributed by atoms with E-state index in [1.165, 1.54) is 17.0 Å². The molecule has 5 nitrogen and oxygen atoms in total. The van der Waals surface area contributed by atoms with Crippen molar-refractivity contribution in [3.05, 3.63) is 52.0 Å². The molecule has 22 heavy (non-hydrogen) atoms. The van der Waals surface area contributed by atoms with Crippen molar-refractivity contribution in [1.29, 1.82) is 0 Å². The van der Waals surface area contributed by atoms with E-state index >= 15 is 0 Å². The fraction of sp³-hybridized carbons (Fsp3) is 0.312. The van der Waals surface area contributed by atoms with E-state index in [9.17, 15) is 9.59 Å². The molecule has 0 aliphatic carbocycles. The summed E-state index contributed by atoms with van der Waals surface area (Å²) in [5, 5.41) is 3.44. The molecular weight excluding hydrogens is 302 g/mol. The zero-order chi connectivity index (χ0) is 16.1. The number of benzene rings is 1. The van der Waals surface area contributed by atoms with Gasteiger partial charge in [0.1, 0.15) is 6.54 Å². The molecule has 0 spiro atoms. The van der Waals surface area contributed by atoms with Crippen LogP contribution in [0.25, 0.3) is 11.3 Å². The first-order valence-electron chi connectivity index (χ1n) is 7.11. The van der Waals surface area contributed by atoms with Crippen molar-refractivity contribution >= 4 is 17.5 Å². The highest BCUT2D eigenvalue weighted by Gasteiger charge is 2.09. The van der Waals surface area contributed by atoms with Crippen LogP contribution < -0.4 is 10.9 Å². The molecule has 0 radical (unpaired) electrons. The van der Waals surface area contributed by atoms with Crippen molar-refractivity contribution in [1.82, 2.24) is 14.9 Å². The zero-order valence-electron chi connectivity index (χ0n) is 12.5. The van der Waals surface area contributed by atoms with E-state index in [0.29, 0.717) is 10.7 Å². The van der Waals surface area contributed by atoms with E-state index in [4.69, 9.17) is 11.6 Å². The Bertz CT molecular complexity index is 710. The SMILES string of the molecule is CCC(C)NC(=O)Cn1cnc(-c2ccc(Cl)cc2)cc1=O. The molecule has 0 aliphatic heterocycles. The zero-order valence-corrected chi connectivity index (χ0v) is 13.3. The second-order valence-corrected chi connectivity index (χ2v) is 5.56. The van der Waals surface area contributed by atoms with Gasteiger partial charge >= 0.3 is 0 Å². The minimum atomic E-state index is -0.265. The van der Waals surface area contributed by atoms with Gasteiger partial charge in [0.25, 0.3) is 5.56 Å². The molecule has 0 saturated carbocycles. The summed E-state index contributed by atoms with van der Waals surface area (Å²) >= 11 is 5.84. The van der Waals surface area contributed by atoms with Crippen LogP contribution in [0.5, 0.6) is 0 Å². The van der Waals surface area contributed by atoms with Crippen molar-refractivity contribution in [2.45, 2.75) is 32.9 Å². The fourth-order valence-corrected chi connectivity index (χ4v) is 2.03. The number of hydrogen-bond donors (Lipinski definition) is 1. The number of nitrogens with zero attached hydrogens (tertiary/aromatic N) is 2. The Morgan fingerprint density at radius 3 is 2.64 bits per heavy atom. The van der Waals surface area contributed by atoms with Gasteiger partial charge in [0.05, 0.1) is 12.0 Å². The minimum absolute atomic E-state index is 0.0307. The number of hydrogen-bond acceptors (Lipinski definition) is 3. The summed E-state index contributed by atoms with van der Waals surface area (Å²) in [7, 11) is 0. The van der Waals surface area contributed by atoms with E-state index in [1.54, 1.807) is 24.3 Å². The van der Waals surface area contributed by atoms with Crippen LogP contribution in [0.1, 0.15) is 20.3 Å². The van der Waals surface area contributed by atoms with Crippen molar-refractivity contribution in [3.63, 3.8) is 0 Å². The Morgan fingerprint density at radius 2 is 2.05 bits per heavy atom. The molecule has 0 bridgehead atoms. The van der Waals surface area contributed by atoms with Crippen LogP contribution in [0.2, 0.25) is 5.02 Å². The minimum Gasteiger partial charge on any atom is -0.352 e. The lowest BCUT2D eigenvalue weighted by atomic mass is 10.1. The predicted octanol–water partition coefficient (Wildman–Crippen LogP) is 2.48. The third-order valence-corrected chi connectivity index (χ3v) is 3.61. The fourth-order valence-electron chi connectivity index (χ4n) is 1.90. The van der Waals surface area contributed by atoms with Gasteiger partial charge in [0.15, 0.2) is 0 Å². The number of aromatic nitrogens is 2. The van der Waals surface area contributed by atoms with Crippen LogP contribution in [0.3, 0.4) is 0 Å². The smallest absolute Gasteiger partial charge is 0.254 e. The molecule has 1 heterocycles. The maximum absolute atomic E-state index is 12.1. The Morgan fingerprint density at radius 1 is 1.36 bits per heavy atom. The second-order valence-electron chi connectivity index (χ2n) is 5.12. The van der Waals surface area contributed by atoms with Crippen LogP contribution in [0.15, 0.2) is 41.5 Å². The van der Waals surface area contributed by atoms with Crippen LogP contribution in [-0.4, -0.2) is 21.5 Å². The monoisotopic (exact) mass is 319 g/mol. The summed E-state index contributed by atoms with van der Waals surface area (Å²) in [6.45, 7) is 3.87. The third-order valence-electron chi connectivity index (χ3n) is 3.35. The number of halogens is 1. The Balaban J connectivity index is 2.15. The predicted molar refractivity (Wildman–Crippen MR) is 86.8 cm³/mol. The average molecular weight is 320 g/mol. The number of rotatable bonds is 5. The van der Waals surface area contributed by atoms with Crippen molar-refractivity contribution < 1.29 is 4.79 Å². The van der Waals surface area contributed by atoms with Crippen molar-refractivity contribution in [2.75, 3.05) is 0 Å². The molecule has 2 rings (SSSR count). The normalized spacial score (nSPS) is 12.0. The first kappa shape index (κ1) is 16.2. The molecule has 1 unspecified atom stereocenters. The standard InChI is InChI=1S/C16H18ClN3O2/c1-3-11(2)19-15(21)9-20-10-18-14(8-16(20)22)12-4-6-13(17)7-5-12/h4-8,10-11H,3,9H2,1-2H3,(H,19,21). The quantitative estimate of drug-likeness (QED) is 0.921. The van der Waals surface area contributed by atoms with Gasteiger partial charge in [0, 0.05) is 22.7 Å². The summed E-state index contributed by atoms with van der Waals surface area (Å²) in [6, 6.07) is 8.57. The van der Waals surface area contributed by atoms with Crippen LogP contribution in [-0.2, 0) is 11.3 Å². The molecule has 2 aromatic rings. The van der Waals surface area contributed by atoms with Crippen molar-refractivity contribution in [2.24, 2.45) is 0 Å². The van der Waals surface area contributed by atoms with Crippen LogP contribution in [0, 0.1) is 0 Å². The Hall–Kier alpha value is -2.14. The van der Waals surface area contributed by atoms with Gasteiger partial charge in [-0.1, -0.05) is 30.7 Å². The van der Waals surface area contributed by atoms with Gasteiger partial charge in [-0.05, 0) is 25.5 Å². The highest BCUT2D eigenvalue weighted by Crippen LogP contribution is 2.17. The first-order valence-corrected chi connectivity index (χ1v) is 7.49. The van der Waals surface area contributed by atoms with E-state index < -0.39 is 0 Å². The molecule has 1 N–H and O–H groups in total. The Kier molecular flexibility index (Phi) is 5.33. The Labute approximate surface area is 134 Å². The molecule has 1 aromatic carbocycles. The number of nitrogens with one attached hydrogen (secondary N) is 1. The van der Waals surface area contributed by atoms with Crippen molar-refractivity contribution in [3.8, 4) is 11.3 Å². The summed E-state index contributed by atoms with van der Waals surface area (Å²) < 4.78 is 1.29. The summed E-state index contributed by atoms with van der Waals surface area (Å²) in [5.74, 6) is -0.197. The lowest BCUT2D eigenvalue weighted by Gasteiger charge is -2.12. The molecule has 6 heteroatoms. The molecule has 0 saturated heterocycles. The molecular formula is C16H18ClN3O2. The molecule has 0 aliphatic rings. The summed E-state index contributed by atoms with van der Waals surface area (Å²) in [6.07, 6.45) is 2.23. The van der Waals surface area contributed by atoms with E-state index in [0.717, 1.165) is 12.0 Å². The molecule has 1 aromatic heterocycles. The summed E-state index contributed by atoms with van der Waals surface area (Å²) in [5.41, 5.74) is 1.09.